The van der Waals surface area contributed by atoms with Crippen molar-refractivity contribution >= 4 is 17.5 Å². The molecule has 7 heteroatoms. The van der Waals surface area contributed by atoms with E-state index >= 15 is 0 Å². The van der Waals surface area contributed by atoms with Gasteiger partial charge in [-0.15, -0.1) is 0 Å². The van der Waals surface area contributed by atoms with Gasteiger partial charge in [0.2, 0.25) is 6.79 Å². The second-order valence-corrected chi connectivity index (χ2v) is 4.18. The molecule has 1 aromatic heterocycles. The summed E-state index contributed by atoms with van der Waals surface area (Å²) in [4.78, 5) is 18.9. The highest BCUT2D eigenvalue weighted by Crippen LogP contribution is 2.34. The van der Waals surface area contributed by atoms with Crippen LogP contribution < -0.4 is 14.8 Å². The lowest BCUT2D eigenvalue weighted by Gasteiger charge is -2.07. The number of anilines is 2. The summed E-state index contributed by atoms with van der Waals surface area (Å²) in [5, 5.41) is 12.0. The summed E-state index contributed by atoms with van der Waals surface area (Å²) in [5.41, 5.74) is 0.671. The van der Waals surface area contributed by atoms with Crippen molar-refractivity contribution in [2.75, 3.05) is 12.1 Å². The van der Waals surface area contributed by atoms with Crippen molar-refractivity contribution in [2.24, 2.45) is 0 Å². The van der Waals surface area contributed by atoms with Gasteiger partial charge in [0.25, 0.3) is 0 Å². The fourth-order valence-corrected chi connectivity index (χ4v) is 1.86. The van der Waals surface area contributed by atoms with Crippen LogP contribution in [0.4, 0.5) is 11.5 Å². The van der Waals surface area contributed by atoms with Crippen molar-refractivity contribution in [3.63, 3.8) is 0 Å². The largest absolute Gasteiger partial charge is 0.477 e. The number of aromatic nitrogens is 2. The smallest absolute Gasteiger partial charge is 0.354 e. The van der Waals surface area contributed by atoms with E-state index in [1.807, 2.05) is 0 Å². The van der Waals surface area contributed by atoms with Gasteiger partial charge in [0.05, 0.1) is 0 Å². The van der Waals surface area contributed by atoms with Crippen LogP contribution in [0.2, 0.25) is 0 Å². The van der Waals surface area contributed by atoms with Crippen molar-refractivity contribution in [3.8, 4) is 11.5 Å². The van der Waals surface area contributed by atoms with Crippen LogP contribution in [-0.2, 0) is 0 Å². The number of fused-ring (bicyclic) bond motifs is 1. The van der Waals surface area contributed by atoms with Gasteiger partial charge in [0.15, 0.2) is 17.2 Å². The minimum atomic E-state index is -1.09. The number of hydrogen-bond donors (Lipinski definition) is 2. The lowest BCUT2D eigenvalue weighted by molar-refractivity contribution is 0.0690. The average Bonchev–Trinajstić information content (AvgIpc) is 2.85. The molecule has 0 amide bonds. The van der Waals surface area contributed by atoms with Gasteiger partial charge in [-0.05, 0) is 19.1 Å². The lowest BCUT2D eigenvalue weighted by Crippen LogP contribution is -2.05. The van der Waals surface area contributed by atoms with Crippen LogP contribution in [0.5, 0.6) is 11.5 Å². The molecule has 7 nitrogen and oxygen atoms in total. The number of hydrogen-bond acceptors (Lipinski definition) is 6. The quantitative estimate of drug-likeness (QED) is 0.882. The summed E-state index contributed by atoms with van der Waals surface area (Å²) in [6.45, 7) is 1.84. The molecule has 0 fully saturated rings. The Labute approximate surface area is 114 Å². The molecule has 2 aromatic rings. The zero-order valence-corrected chi connectivity index (χ0v) is 10.6. The van der Waals surface area contributed by atoms with Gasteiger partial charge in [-0.25, -0.2) is 14.8 Å². The van der Waals surface area contributed by atoms with Gasteiger partial charge in [-0.2, -0.15) is 0 Å². The zero-order chi connectivity index (χ0) is 14.1. The fraction of sp³-hybridized carbons (Fsp3) is 0.154. The molecule has 0 bridgehead atoms. The highest BCUT2D eigenvalue weighted by molar-refractivity contribution is 5.86. The van der Waals surface area contributed by atoms with Crippen LogP contribution in [0, 0.1) is 6.92 Å². The average molecular weight is 273 g/mol. The molecule has 1 aliphatic heterocycles. The molecule has 0 unspecified atom stereocenters. The predicted octanol–water partition coefficient (Wildman–Crippen LogP) is 1.96. The maximum Gasteiger partial charge on any atom is 0.354 e. The second kappa shape index (κ2) is 4.69. The van der Waals surface area contributed by atoms with Gasteiger partial charge in [0.1, 0.15) is 11.6 Å². The number of benzene rings is 1. The number of nitrogens with zero attached hydrogens (tertiary/aromatic N) is 2. The number of rotatable bonds is 3. The minimum Gasteiger partial charge on any atom is -0.477 e. The van der Waals surface area contributed by atoms with Gasteiger partial charge in [-0.3, -0.25) is 0 Å². The molecule has 0 saturated heterocycles. The van der Waals surface area contributed by atoms with Crippen LogP contribution >= 0.6 is 0 Å². The minimum absolute atomic E-state index is 0.0549. The number of aryl methyl sites for hydroxylation is 1. The summed E-state index contributed by atoms with van der Waals surface area (Å²) < 4.78 is 10.5. The first-order valence-corrected chi connectivity index (χ1v) is 5.87. The summed E-state index contributed by atoms with van der Waals surface area (Å²) in [5.74, 6) is 1.02. The Kier molecular flexibility index (Phi) is 2.86. The number of carboxylic acids is 1. The maximum absolute atomic E-state index is 11.0. The molecule has 1 aromatic carbocycles. The molecule has 0 atom stereocenters. The van der Waals surface area contributed by atoms with Gasteiger partial charge in [0, 0.05) is 17.8 Å². The zero-order valence-electron chi connectivity index (χ0n) is 10.6. The number of aromatic carboxylic acids is 1. The van der Waals surface area contributed by atoms with Gasteiger partial charge >= 0.3 is 5.97 Å². The van der Waals surface area contributed by atoms with E-state index in [1.54, 1.807) is 25.1 Å². The predicted molar refractivity (Wildman–Crippen MR) is 69.6 cm³/mol. The Bertz CT molecular complexity index is 687. The first kappa shape index (κ1) is 12.2. The molecule has 2 N–H and O–H groups in total. The van der Waals surface area contributed by atoms with E-state index in [-0.39, 0.29) is 12.5 Å². The van der Waals surface area contributed by atoms with Crippen molar-refractivity contribution in [1.29, 1.82) is 0 Å². The summed E-state index contributed by atoms with van der Waals surface area (Å²) in [6, 6.07) is 6.71. The SMILES string of the molecule is Cc1nc(Nc2ccc3c(c2)OCO3)cc(C(=O)O)n1. The lowest BCUT2D eigenvalue weighted by atomic mass is 10.2. The van der Waals surface area contributed by atoms with E-state index in [9.17, 15) is 4.79 Å². The molecule has 0 saturated carbocycles. The molecule has 2 heterocycles. The summed E-state index contributed by atoms with van der Waals surface area (Å²) >= 11 is 0. The Balaban J connectivity index is 1.89. The summed E-state index contributed by atoms with van der Waals surface area (Å²) in [6.07, 6.45) is 0. The Morgan fingerprint density at radius 2 is 2.05 bits per heavy atom. The normalized spacial score (nSPS) is 12.2. The van der Waals surface area contributed by atoms with Gasteiger partial charge < -0.3 is 19.9 Å². The first-order chi connectivity index (χ1) is 9.61. The van der Waals surface area contributed by atoms with Crippen LogP contribution in [0.3, 0.4) is 0 Å². The molecular weight excluding hydrogens is 262 g/mol. The third-order valence-corrected chi connectivity index (χ3v) is 2.70. The van der Waals surface area contributed by atoms with Crippen LogP contribution in [0.1, 0.15) is 16.3 Å². The molecule has 20 heavy (non-hydrogen) atoms. The van der Waals surface area contributed by atoms with Crippen LogP contribution in [0.25, 0.3) is 0 Å². The third kappa shape index (κ3) is 2.33. The molecule has 0 aliphatic carbocycles. The topological polar surface area (TPSA) is 93.6 Å². The second-order valence-electron chi connectivity index (χ2n) is 4.18. The molecule has 3 rings (SSSR count). The van der Waals surface area contributed by atoms with E-state index < -0.39 is 5.97 Å². The monoisotopic (exact) mass is 273 g/mol. The third-order valence-electron chi connectivity index (χ3n) is 2.70. The van der Waals surface area contributed by atoms with Crippen molar-refractivity contribution < 1.29 is 19.4 Å². The Morgan fingerprint density at radius 1 is 1.25 bits per heavy atom. The van der Waals surface area contributed by atoms with E-state index in [0.717, 1.165) is 5.69 Å². The molecule has 102 valence electrons. The van der Waals surface area contributed by atoms with Crippen molar-refractivity contribution in [3.05, 3.63) is 35.8 Å². The molecular formula is C13H11N3O4. The number of nitrogens with one attached hydrogen (secondary N) is 1. The maximum atomic E-state index is 11.0. The highest BCUT2D eigenvalue weighted by Gasteiger charge is 2.14. The van der Waals surface area contributed by atoms with E-state index in [4.69, 9.17) is 14.6 Å². The standard InChI is InChI=1S/C13H11N3O4/c1-7-14-9(13(17)18)5-12(15-7)16-8-2-3-10-11(4-8)20-6-19-10/h2-5H,6H2,1H3,(H,17,18)(H,14,15,16). The number of ether oxygens (including phenoxy) is 2. The molecule has 0 radical (unpaired) electrons. The van der Waals surface area contributed by atoms with E-state index in [1.165, 1.54) is 6.07 Å². The van der Waals surface area contributed by atoms with E-state index in [2.05, 4.69) is 15.3 Å². The number of carbonyl (C=O) groups is 1. The molecule has 0 spiro atoms. The number of carboxylic acid groups (broad SMARTS) is 1. The van der Waals surface area contributed by atoms with Gasteiger partial charge in [-0.1, -0.05) is 0 Å². The first-order valence-electron chi connectivity index (χ1n) is 5.87. The van der Waals surface area contributed by atoms with Crippen LogP contribution in [-0.4, -0.2) is 27.8 Å². The Hall–Kier alpha value is -2.83. The van der Waals surface area contributed by atoms with Crippen molar-refractivity contribution in [2.45, 2.75) is 6.92 Å². The highest BCUT2D eigenvalue weighted by atomic mass is 16.7. The van der Waals surface area contributed by atoms with E-state index in [0.29, 0.717) is 23.1 Å². The molecule has 1 aliphatic rings. The Morgan fingerprint density at radius 3 is 2.85 bits per heavy atom. The van der Waals surface area contributed by atoms with Crippen LogP contribution in [0.15, 0.2) is 24.3 Å². The fourth-order valence-electron chi connectivity index (χ4n) is 1.86. The summed E-state index contributed by atoms with van der Waals surface area (Å²) in [7, 11) is 0. The van der Waals surface area contributed by atoms with Crippen molar-refractivity contribution in [1.82, 2.24) is 9.97 Å².